The van der Waals surface area contributed by atoms with Crippen LogP contribution in [0.3, 0.4) is 0 Å². The van der Waals surface area contributed by atoms with E-state index in [1.807, 2.05) is 22.6 Å². The van der Waals surface area contributed by atoms with Crippen LogP contribution >= 0.6 is 34.8 Å². The summed E-state index contributed by atoms with van der Waals surface area (Å²) in [6, 6.07) is 4.33. The van der Waals surface area contributed by atoms with E-state index in [0.29, 0.717) is 19.9 Å². The van der Waals surface area contributed by atoms with Crippen LogP contribution in [0.2, 0.25) is 0 Å². The van der Waals surface area contributed by atoms with Gasteiger partial charge < -0.3 is 5.11 Å². The number of rotatable bonds is 2. The largest absolute Gasteiger partial charge is 0.388 e. The average molecular weight is 351 g/mol. The Hall–Kier alpha value is -0.800. The van der Waals surface area contributed by atoms with E-state index in [9.17, 15) is 4.39 Å². The number of benzene rings is 1. The molecule has 0 unspecified atom stereocenters. The molecule has 1 heterocycles. The lowest BCUT2D eigenvalue weighted by Gasteiger charge is -2.07. The van der Waals surface area contributed by atoms with Crippen LogP contribution in [-0.4, -0.2) is 19.9 Å². The second kappa shape index (κ2) is 4.60. The molecule has 84 valence electrons. The first kappa shape index (κ1) is 11.7. The SMILES string of the molecule is OCc1n[nH]c(=S)n1-c1ccc(F)cc1I. The Kier molecular flexibility index (Phi) is 3.36. The summed E-state index contributed by atoms with van der Waals surface area (Å²) in [6.07, 6.45) is 0. The van der Waals surface area contributed by atoms with E-state index >= 15 is 0 Å². The van der Waals surface area contributed by atoms with Gasteiger partial charge in [0.25, 0.3) is 0 Å². The van der Waals surface area contributed by atoms with Gasteiger partial charge in [-0.25, -0.2) is 4.39 Å². The van der Waals surface area contributed by atoms with Gasteiger partial charge in [0.05, 0.1) is 5.69 Å². The summed E-state index contributed by atoms with van der Waals surface area (Å²) in [5, 5.41) is 15.6. The highest BCUT2D eigenvalue weighted by Gasteiger charge is 2.10. The second-order valence-electron chi connectivity index (χ2n) is 3.03. The molecule has 0 amide bonds. The van der Waals surface area contributed by atoms with Gasteiger partial charge in [0.2, 0.25) is 0 Å². The number of aromatic amines is 1. The smallest absolute Gasteiger partial charge is 0.199 e. The van der Waals surface area contributed by atoms with Crippen LogP contribution in [0.1, 0.15) is 5.82 Å². The quantitative estimate of drug-likeness (QED) is 0.644. The number of aromatic nitrogens is 3. The van der Waals surface area contributed by atoms with E-state index in [2.05, 4.69) is 10.2 Å². The highest BCUT2D eigenvalue weighted by molar-refractivity contribution is 14.1. The summed E-state index contributed by atoms with van der Waals surface area (Å²) in [5.41, 5.74) is 0.699. The van der Waals surface area contributed by atoms with Gasteiger partial charge in [-0.3, -0.25) is 9.67 Å². The highest BCUT2D eigenvalue weighted by atomic mass is 127. The minimum atomic E-state index is -0.311. The third-order valence-corrected chi connectivity index (χ3v) is 3.17. The summed E-state index contributed by atoms with van der Waals surface area (Å²) in [4.78, 5) is 0. The third-order valence-electron chi connectivity index (χ3n) is 2.03. The van der Waals surface area contributed by atoms with Crippen LogP contribution in [0.25, 0.3) is 5.69 Å². The molecule has 0 fully saturated rings. The lowest BCUT2D eigenvalue weighted by molar-refractivity contribution is 0.268. The van der Waals surface area contributed by atoms with Gasteiger partial charge in [-0.1, -0.05) is 0 Å². The van der Waals surface area contributed by atoms with Gasteiger partial charge >= 0.3 is 0 Å². The van der Waals surface area contributed by atoms with E-state index in [0.717, 1.165) is 0 Å². The van der Waals surface area contributed by atoms with Crippen molar-refractivity contribution in [3.8, 4) is 5.69 Å². The molecule has 0 aliphatic rings. The molecular weight excluding hydrogens is 344 g/mol. The Morgan fingerprint density at radius 3 is 2.94 bits per heavy atom. The lowest BCUT2D eigenvalue weighted by atomic mass is 10.3. The van der Waals surface area contributed by atoms with E-state index in [-0.39, 0.29) is 12.4 Å². The van der Waals surface area contributed by atoms with Crippen LogP contribution in [-0.2, 0) is 6.61 Å². The second-order valence-corrected chi connectivity index (χ2v) is 4.58. The minimum absolute atomic E-state index is 0.236. The van der Waals surface area contributed by atoms with Crippen molar-refractivity contribution in [2.24, 2.45) is 0 Å². The Morgan fingerprint density at radius 2 is 2.31 bits per heavy atom. The van der Waals surface area contributed by atoms with Crippen molar-refractivity contribution in [3.05, 3.63) is 38.2 Å². The molecule has 0 spiro atoms. The summed E-state index contributed by atoms with van der Waals surface area (Å²) in [5.74, 6) is 0.0863. The molecule has 0 radical (unpaired) electrons. The molecule has 0 saturated carbocycles. The van der Waals surface area contributed by atoms with Crippen molar-refractivity contribution in [2.75, 3.05) is 0 Å². The minimum Gasteiger partial charge on any atom is -0.388 e. The normalized spacial score (nSPS) is 10.7. The Balaban J connectivity index is 2.67. The maximum Gasteiger partial charge on any atom is 0.199 e. The summed E-state index contributed by atoms with van der Waals surface area (Å²) in [7, 11) is 0. The van der Waals surface area contributed by atoms with E-state index in [1.165, 1.54) is 12.1 Å². The number of hydrogen-bond acceptors (Lipinski definition) is 3. The van der Waals surface area contributed by atoms with Gasteiger partial charge in [0.15, 0.2) is 10.6 Å². The Bertz CT molecular complexity index is 580. The van der Waals surface area contributed by atoms with Crippen molar-refractivity contribution in [3.63, 3.8) is 0 Å². The van der Waals surface area contributed by atoms with Gasteiger partial charge in [-0.05, 0) is 53.0 Å². The number of nitrogens with one attached hydrogen (secondary N) is 1. The zero-order valence-electron chi connectivity index (χ0n) is 7.94. The molecule has 7 heteroatoms. The predicted molar refractivity (Wildman–Crippen MR) is 67.3 cm³/mol. The highest BCUT2D eigenvalue weighted by Crippen LogP contribution is 2.19. The molecule has 2 aromatic rings. The molecule has 0 bridgehead atoms. The third kappa shape index (κ3) is 2.02. The molecule has 0 saturated heterocycles. The summed E-state index contributed by atoms with van der Waals surface area (Å²) < 4.78 is 15.6. The lowest BCUT2D eigenvalue weighted by Crippen LogP contribution is -2.03. The fourth-order valence-electron chi connectivity index (χ4n) is 1.35. The van der Waals surface area contributed by atoms with Gasteiger partial charge in [-0.15, -0.1) is 0 Å². The van der Waals surface area contributed by atoms with Crippen molar-refractivity contribution >= 4 is 34.8 Å². The zero-order chi connectivity index (χ0) is 11.7. The van der Waals surface area contributed by atoms with Crippen molar-refractivity contribution in [1.29, 1.82) is 0 Å². The first-order valence-corrected chi connectivity index (χ1v) is 5.84. The fourth-order valence-corrected chi connectivity index (χ4v) is 2.31. The number of H-pyrrole nitrogens is 1. The van der Waals surface area contributed by atoms with Crippen molar-refractivity contribution in [2.45, 2.75) is 6.61 Å². The molecule has 4 nitrogen and oxygen atoms in total. The summed E-state index contributed by atoms with van der Waals surface area (Å²) in [6.45, 7) is -0.236. The van der Waals surface area contributed by atoms with Gasteiger partial charge in [0, 0.05) is 3.57 Å². The summed E-state index contributed by atoms with van der Waals surface area (Å²) >= 11 is 7.06. The van der Waals surface area contributed by atoms with E-state index < -0.39 is 0 Å². The molecule has 1 aromatic carbocycles. The zero-order valence-corrected chi connectivity index (χ0v) is 10.9. The molecule has 2 rings (SSSR count). The van der Waals surface area contributed by atoms with Gasteiger partial charge in [0.1, 0.15) is 12.4 Å². The van der Waals surface area contributed by atoms with Crippen LogP contribution in [0.15, 0.2) is 18.2 Å². The molecule has 0 aliphatic heterocycles. The van der Waals surface area contributed by atoms with Crippen LogP contribution in [0.5, 0.6) is 0 Å². The Labute approximate surface area is 109 Å². The Morgan fingerprint density at radius 1 is 1.56 bits per heavy atom. The van der Waals surface area contributed by atoms with Crippen LogP contribution in [0, 0.1) is 14.2 Å². The van der Waals surface area contributed by atoms with Crippen LogP contribution < -0.4 is 0 Å². The first-order chi connectivity index (χ1) is 7.63. The molecule has 16 heavy (non-hydrogen) atoms. The molecule has 0 atom stereocenters. The number of hydrogen-bond donors (Lipinski definition) is 2. The van der Waals surface area contributed by atoms with Gasteiger partial charge in [-0.2, -0.15) is 5.10 Å². The maximum absolute atomic E-state index is 13.0. The van der Waals surface area contributed by atoms with E-state index in [1.54, 1.807) is 10.6 Å². The average Bonchev–Trinajstić information content (AvgIpc) is 2.60. The maximum atomic E-state index is 13.0. The van der Waals surface area contributed by atoms with Crippen LogP contribution in [0.4, 0.5) is 4.39 Å². The standard InChI is InChI=1S/C9H7FIN3OS/c10-5-1-2-7(6(11)3-5)14-8(4-15)12-13-9(14)16/h1-3,15H,4H2,(H,13,16). The topological polar surface area (TPSA) is 53.8 Å². The molecular formula is C9H7FIN3OS. The first-order valence-electron chi connectivity index (χ1n) is 4.36. The van der Waals surface area contributed by atoms with Crippen molar-refractivity contribution in [1.82, 2.24) is 14.8 Å². The number of nitrogens with zero attached hydrogens (tertiary/aromatic N) is 2. The monoisotopic (exact) mass is 351 g/mol. The molecule has 2 N–H and O–H groups in total. The van der Waals surface area contributed by atoms with Crippen molar-refractivity contribution < 1.29 is 9.50 Å². The predicted octanol–water partition coefficient (Wildman–Crippen LogP) is 2.17. The molecule has 0 aliphatic carbocycles. The van der Waals surface area contributed by atoms with E-state index in [4.69, 9.17) is 17.3 Å². The number of aliphatic hydroxyl groups is 1. The number of halogens is 2. The molecule has 1 aromatic heterocycles. The number of aliphatic hydroxyl groups excluding tert-OH is 1. The fraction of sp³-hybridized carbons (Fsp3) is 0.111.